The molecule has 2 aliphatic carbocycles. The smallest absolute Gasteiger partial charge is 0.0726 e. The molecule has 61 heavy (non-hydrogen) atoms. The number of benzene rings is 10. The summed E-state index contributed by atoms with van der Waals surface area (Å²) in [4.78, 5) is 4.82. The van der Waals surface area contributed by atoms with Gasteiger partial charge in [0.05, 0.1) is 16.8 Å². The lowest BCUT2D eigenvalue weighted by Gasteiger charge is -2.33. The fraction of sp³-hybridized carbons (Fsp3) is 0.0169. The molecule has 0 amide bonds. The fourth-order valence-electron chi connectivity index (χ4n) is 10.9. The van der Waals surface area contributed by atoms with Gasteiger partial charge in [-0.25, -0.2) is 0 Å². The zero-order valence-corrected chi connectivity index (χ0v) is 33.3. The van der Waals surface area contributed by atoms with Crippen molar-refractivity contribution in [1.29, 1.82) is 0 Å². The summed E-state index contributed by atoms with van der Waals surface area (Å²) in [6.45, 7) is 0. The molecule has 1 heterocycles. The largest absolute Gasteiger partial charge is 0.310 e. The third kappa shape index (κ3) is 4.79. The van der Waals surface area contributed by atoms with Gasteiger partial charge < -0.3 is 9.80 Å². The summed E-state index contributed by atoms with van der Waals surface area (Å²) in [5.74, 6) is 0. The van der Waals surface area contributed by atoms with Crippen molar-refractivity contribution < 1.29 is 0 Å². The first-order chi connectivity index (χ1) is 30.3. The molecule has 10 aromatic rings. The van der Waals surface area contributed by atoms with E-state index in [2.05, 4.69) is 240 Å². The maximum absolute atomic E-state index is 2.46. The minimum atomic E-state index is -0.403. The Bertz CT molecular complexity index is 3290. The second kappa shape index (κ2) is 13.0. The van der Waals surface area contributed by atoms with Crippen LogP contribution in [0.2, 0.25) is 0 Å². The van der Waals surface area contributed by atoms with Crippen molar-refractivity contribution in [3.05, 3.63) is 253 Å². The van der Waals surface area contributed by atoms with Crippen LogP contribution in [-0.4, -0.2) is 0 Å². The fourth-order valence-corrected chi connectivity index (χ4v) is 10.9. The lowest BCUT2D eigenvalue weighted by Crippen LogP contribution is -2.26. The number of anilines is 6. The summed E-state index contributed by atoms with van der Waals surface area (Å²) >= 11 is 0. The Labute approximate surface area is 355 Å². The molecular formula is C59H38N2. The van der Waals surface area contributed by atoms with Gasteiger partial charge in [-0.15, -0.1) is 0 Å². The van der Waals surface area contributed by atoms with E-state index in [1.807, 2.05) is 0 Å². The number of nitrogens with zero attached hydrogens (tertiary/aromatic N) is 2. The second-order valence-electron chi connectivity index (χ2n) is 16.4. The second-order valence-corrected chi connectivity index (χ2v) is 16.4. The molecule has 1 aliphatic heterocycles. The van der Waals surface area contributed by atoms with E-state index in [0.29, 0.717) is 0 Å². The van der Waals surface area contributed by atoms with E-state index < -0.39 is 5.41 Å². The topological polar surface area (TPSA) is 6.48 Å². The SMILES string of the molecule is c1ccc(N(c2ccc(-c3ccc(N4c5ccccc5-c5cccc6cccc4c56)cc3)cc2)c2ccc3c(c2)C2(c4ccccc4-c4ccccc42)c2ccccc2-3)cc1. The third-order valence-corrected chi connectivity index (χ3v) is 13.4. The molecule has 2 nitrogen and oxygen atoms in total. The van der Waals surface area contributed by atoms with Crippen molar-refractivity contribution in [2.75, 3.05) is 9.80 Å². The minimum absolute atomic E-state index is 0.403. The molecule has 0 unspecified atom stereocenters. The highest BCUT2D eigenvalue weighted by molar-refractivity contribution is 6.13. The van der Waals surface area contributed by atoms with Gasteiger partial charge in [0, 0.05) is 33.7 Å². The summed E-state index contributed by atoms with van der Waals surface area (Å²) in [6.07, 6.45) is 0. The summed E-state index contributed by atoms with van der Waals surface area (Å²) in [7, 11) is 0. The third-order valence-electron chi connectivity index (χ3n) is 13.4. The highest BCUT2D eigenvalue weighted by Crippen LogP contribution is 2.63. The number of hydrogen-bond acceptors (Lipinski definition) is 2. The van der Waals surface area contributed by atoms with E-state index in [9.17, 15) is 0 Å². The van der Waals surface area contributed by atoms with Crippen LogP contribution in [0.4, 0.5) is 34.1 Å². The van der Waals surface area contributed by atoms with Gasteiger partial charge in [0.2, 0.25) is 0 Å². The Morgan fingerprint density at radius 2 is 0.787 bits per heavy atom. The molecule has 0 aromatic heterocycles. The lowest BCUT2D eigenvalue weighted by atomic mass is 9.70. The van der Waals surface area contributed by atoms with Crippen LogP contribution in [0, 0.1) is 0 Å². The van der Waals surface area contributed by atoms with Crippen LogP contribution in [-0.2, 0) is 5.41 Å². The first-order valence-corrected chi connectivity index (χ1v) is 21.2. The van der Waals surface area contributed by atoms with Crippen LogP contribution < -0.4 is 9.80 Å². The average molecular weight is 775 g/mol. The summed E-state index contributed by atoms with van der Waals surface area (Å²) in [5, 5.41) is 2.56. The van der Waals surface area contributed by atoms with Gasteiger partial charge >= 0.3 is 0 Å². The van der Waals surface area contributed by atoms with E-state index in [4.69, 9.17) is 0 Å². The minimum Gasteiger partial charge on any atom is -0.310 e. The van der Waals surface area contributed by atoms with Crippen molar-refractivity contribution in [3.8, 4) is 44.5 Å². The quantitative estimate of drug-likeness (QED) is 0.172. The Hall–Kier alpha value is -7.94. The van der Waals surface area contributed by atoms with Crippen molar-refractivity contribution >= 4 is 44.9 Å². The molecular weight excluding hydrogens is 737 g/mol. The van der Waals surface area contributed by atoms with Gasteiger partial charge in [-0.1, -0.05) is 170 Å². The van der Waals surface area contributed by atoms with E-state index in [1.165, 1.54) is 88.9 Å². The normalized spacial score (nSPS) is 13.3. The van der Waals surface area contributed by atoms with E-state index in [0.717, 1.165) is 22.7 Å². The van der Waals surface area contributed by atoms with Gasteiger partial charge in [-0.3, -0.25) is 0 Å². The molecule has 13 rings (SSSR count). The molecule has 3 aliphatic rings. The maximum atomic E-state index is 2.46. The molecule has 1 spiro atoms. The summed E-state index contributed by atoms with van der Waals surface area (Å²) < 4.78 is 0. The van der Waals surface area contributed by atoms with Gasteiger partial charge in [0.1, 0.15) is 0 Å². The van der Waals surface area contributed by atoms with Crippen LogP contribution >= 0.6 is 0 Å². The predicted octanol–water partition coefficient (Wildman–Crippen LogP) is 15.8. The Morgan fingerprint density at radius 1 is 0.311 bits per heavy atom. The molecule has 2 heteroatoms. The lowest BCUT2D eigenvalue weighted by molar-refractivity contribution is 0.793. The van der Waals surface area contributed by atoms with Gasteiger partial charge in [-0.2, -0.15) is 0 Å². The number of rotatable bonds is 5. The average Bonchev–Trinajstić information content (AvgIpc) is 3.80. The number of fused-ring (bicyclic) bond motifs is 12. The first kappa shape index (κ1) is 34.0. The molecule has 0 N–H and O–H groups in total. The van der Waals surface area contributed by atoms with Gasteiger partial charge in [0.25, 0.3) is 0 Å². The van der Waals surface area contributed by atoms with E-state index >= 15 is 0 Å². The molecule has 0 saturated heterocycles. The van der Waals surface area contributed by atoms with Gasteiger partial charge in [-0.05, 0) is 127 Å². The zero-order chi connectivity index (χ0) is 40.1. The molecule has 284 valence electrons. The summed E-state index contributed by atoms with van der Waals surface area (Å²) in [6, 6.07) is 85.1. The molecule has 0 saturated carbocycles. The first-order valence-electron chi connectivity index (χ1n) is 21.2. The number of para-hydroxylation sites is 2. The van der Waals surface area contributed by atoms with Crippen LogP contribution in [0.15, 0.2) is 231 Å². The highest BCUT2D eigenvalue weighted by atomic mass is 15.2. The Balaban J connectivity index is 0.901. The zero-order valence-electron chi connectivity index (χ0n) is 33.3. The Kier molecular flexibility index (Phi) is 7.26. The summed E-state index contributed by atoms with van der Waals surface area (Å²) in [5.41, 5.74) is 22.1. The number of hydrogen-bond donors (Lipinski definition) is 0. The van der Waals surface area contributed by atoms with E-state index in [1.54, 1.807) is 0 Å². The van der Waals surface area contributed by atoms with Crippen molar-refractivity contribution in [3.63, 3.8) is 0 Å². The maximum Gasteiger partial charge on any atom is 0.0726 e. The van der Waals surface area contributed by atoms with E-state index in [-0.39, 0.29) is 0 Å². The molecule has 0 atom stereocenters. The molecule has 0 fully saturated rings. The highest BCUT2D eigenvalue weighted by Gasteiger charge is 2.51. The van der Waals surface area contributed by atoms with Crippen LogP contribution in [0.3, 0.4) is 0 Å². The molecule has 0 radical (unpaired) electrons. The van der Waals surface area contributed by atoms with Crippen molar-refractivity contribution in [2.45, 2.75) is 5.41 Å². The van der Waals surface area contributed by atoms with Gasteiger partial charge in [0.15, 0.2) is 0 Å². The van der Waals surface area contributed by atoms with Crippen molar-refractivity contribution in [1.82, 2.24) is 0 Å². The standard InChI is InChI=1S/C59H38N2/c1-2-16-42(17-3-1)60(45-36-37-49-48-20-6-10-25-54(48)59(55(49)38-45)52-23-8-4-18-46(52)47-19-5-9-24-53(47)59)43-32-28-39(29-33-43)40-30-34-44(35-31-40)61-56-26-11-7-21-50(56)51-22-12-14-41-15-13-27-57(61)58(41)51/h1-38H. The van der Waals surface area contributed by atoms with Crippen LogP contribution in [0.25, 0.3) is 55.3 Å². The van der Waals surface area contributed by atoms with Crippen LogP contribution in [0.1, 0.15) is 22.3 Å². The monoisotopic (exact) mass is 774 g/mol. The Morgan fingerprint density at radius 3 is 1.44 bits per heavy atom. The predicted molar refractivity (Wildman–Crippen MR) is 254 cm³/mol. The molecule has 10 aromatic carbocycles. The van der Waals surface area contributed by atoms with Crippen molar-refractivity contribution in [2.24, 2.45) is 0 Å². The van der Waals surface area contributed by atoms with Crippen LogP contribution in [0.5, 0.6) is 0 Å². The molecule has 0 bridgehead atoms.